The number of carbonyl (C=O) groups is 1. The molecule has 33 heavy (non-hydrogen) atoms. The van der Waals surface area contributed by atoms with E-state index in [0.29, 0.717) is 17.5 Å². The molecular weight excluding hydrogens is 456 g/mol. The number of halogens is 1. The van der Waals surface area contributed by atoms with Crippen molar-refractivity contribution in [3.05, 3.63) is 77.9 Å². The van der Waals surface area contributed by atoms with E-state index >= 15 is 0 Å². The molecule has 1 N–H and O–H groups in total. The summed E-state index contributed by atoms with van der Waals surface area (Å²) in [6, 6.07) is 22.9. The van der Waals surface area contributed by atoms with Gasteiger partial charge in [0, 0.05) is 29.2 Å². The molecule has 0 spiro atoms. The fourth-order valence-corrected chi connectivity index (χ4v) is 5.42. The topological polar surface area (TPSA) is 66.5 Å². The summed E-state index contributed by atoms with van der Waals surface area (Å²) in [6.45, 7) is 3.18. The fraction of sp³-hybridized carbons (Fsp3) is 0.346. The summed E-state index contributed by atoms with van der Waals surface area (Å²) >= 11 is 0. The summed E-state index contributed by atoms with van der Waals surface area (Å²) in [5.41, 5.74) is 2.86. The maximum atomic E-state index is 12.1. The molecule has 3 aromatic carbocycles. The number of benzene rings is 3. The number of rotatable bonds is 6. The average molecular weight is 487 g/mol. The van der Waals surface area contributed by atoms with Gasteiger partial charge in [-0.1, -0.05) is 55.0 Å². The molecule has 0 aliphatic heterocycles. The van der Waals surface area contributed by atoms with Crippen molar-refractivity contribution >= 4 is 44.8 Å². The number of fused-ring (bicyclic) bond motifs is 1. The van der Waals surface area contributed by atoms with Crippen molar-refractivity contribution in [2.24, 2.45) is 0 Å². The van der Waals surface area contributed by atoms with Gasteiger partial charge in [-0.15, -0.1) is 12.4 Å². The third kappa shape index (κ3) is 5.87. The zero-order valence-electron chi connectivity index (χ0n) is 19.0. The number of nitrogens with zero attached hydrogens (tertiary/aromatic N) is 1. The highest BCUT2D eigenvalue weighted by atomic mass is 35.5. The van der Waals surface area contributed by atoms with Crippen molar-refractivity contribution in [2.75, 3.05) is 17.7 Å². The number of nitrogens with one attached hydrogen (secondary N) is 1. The highest BCUT2D eigenvalue weighted by Crippen LogP contribution is 2.38. The smallest absolute Gasteiger partial charge is 0.264 e. The zero-order valence-corrected chi connectivity index (χ0v) is 20.7. The molecule has 1 aliphatic carbocycles. The monoisotopic (exact) mass is 486 g/mol. The Balaban J connectivity index is 0.00000306. The van der Waals surface area contributed by atoms with Crippen LogP contribution in [0, 0.1) is 0 Å². The number of hydrogen-bond acceptors (Lipinski definition) is 4. The van der Waals surface area contributed by atoms with Crippen LogP contribution in [-0.4, -0.2) is 33.2 Å². The molecule has 5 nitrogen and oxygen atoms in total. The van der Waals surface area contributed by atoms with Crippen molar-refractivity contribution in [3.8, 4) is 0 Å². The summed E-state index contributed by atoms with van der Waals surface area (Å²) in [5.74, 6) is -0.168. The molecule has 1 saturated carbocycles. The summed E-state index contributed by atoms with van der Waals surface area (Å²) < 4.78 is 24.7. The second-order valence-corrected chi connectivity index (χ2v) is 10.4. The Labute approximate surface area is 202 Å². The Morgan fingerprint density at radius 1 is 1.00 bits per heavy atom. The van der Waals surface area contributed by atoms with Crippen LogP contribution in [0.25, 0.3) is 10.8 Å². The number of anilines is 1. The van der Waals surface area contributed by atoms with Gasteiger partial charge in [0.05, 0.1) is 6.26 Å². The van der Waals surface area contributed by atoms with Crippen molar-refractivity contribution < 1.29 is 13.2 Å². The van der Waals surface area contributed by atoms with Gasteiger partial charge in [-0.3, -0.25) is 4.79 Å². The van der Waals surface area contributed by atoms with Crippen LogP contribution in [0.1, 0.15) is 54.4 Å². The molecule has 1 fully saturated rings. The van der Waals surface area contributed by atoms with E-state index in [9.17, 15) is 13.2 Å². The predicted molar refractivity (Wildman–Crippen MR) is 138 cm³/mol. The van der Waals surface area contributed by atoms with E-state index in [0.717, 1.165) is 32.1 Å². The van der Waals surface area contributed by atoms with E-state index in [-0.39, 0.29) is 12.4 Å². The molecule has 1 aliphatic rings. The first-order valence-electron chi connectivity index (χ1n) is 11.2. The van der Waals surface area contributed by atoms with Crippen LogP contribution >= 0.6 is 12.4 Å². The number of amides is 1. The molecule has 0 aromatic heterocycles. The number of hydrogen-bond donors (Lipinski definition) is 1. The molecule has 0 bridgehead atoms. The lowest BCUT2D eigenvalue weighted by atomic mass is 9.80. The van der Waals surface area contributed by atoms with Crippen LogP contribution in [0.15, 0.2) is 66.7 Å². The highest BCUT2D eigenvalue weighted by Gasteiger charge is 2.28. The Morgan fingerprint density at radius 2 is 1.70 bits per heavy atom. The molecule has 2 atom stereocenters. The molecule has 4 rings (SSSR count). The SMILES string of the molecule is CCN(c1cccc2ccccc12)C1CCCC(c2ccc(C(=O)NS(C)(=O)=O)cc2)C1.Cl. The van der Waals surface area contributed by atoms with Gasteiger partial charge in [-0.05, 0) is 61.3 Å². The van der Waals surface area contributed by atoms with Crippen LogP contribution < -0.4 is 9.62 Å². The molecular formula is C26H31ClN2O3S. The molecule has 1 amide bonds. The minimum atomic E-state index is -3.57. The minimum Gasteiger partial charge on any atom is -0.368 e. The normalized spacial score (nSPS) is 18.4. The molecule has 7 heteroatoms. The Hall–Kier alpha value is -2.57. The largest absolute Gasteiger partial charge is 0.368 e. The predicted octanol–water partition coefficient (Wildman–Crippen LogP) is 5.50. The van der Waals surface area contributed by atoms with Gasteiger partial charge in [-0.25, -0.2) is 13.1 Å². The second kappa shape index (κ2) is 10.6. The van der Waals surface area contributed by atoms with E-state index in [1.165, 1.54) is 28.4 Å². The summed E-state index contributed by atoms with van der Waals surface area (Å²) in [5, 5.41) is 2.55. The summed E-state index contributed by atoms with van der Waals surface area (Å²) in [4.78, 5) is 14.6. The lowest BCUT2D eigenvalue weighted by Gasteiger charge is -2.39. The molecule has 0 heterocycles. The standard InChI is InChI=1S/C26H30N2O3S.ClH/c1-3-28(25-13-7-9-20-8-4-5-12-24(20)25)23-11-6-10-22(18-23)19-14-16-21(17-15-19)26(29)27-32(2,30)31;/h4-5,7-9,12-17,22-23H,3,6,10-11,18H2,1-2H3,(H,27,29);1H. The first-order valence-corrected chi connectivity index (χ1v) is 13.1. The molecule has 2 unspecified atom stereocenters. The van der Waals surface area contributed by atoms with Crippen LogP contribution in [0.4, 0.5) is 5.69 Å². The minimum absolute atomic E-state index is 0. The van der Waals surface area contributed by atoms with Gasteiger partial charge >= 0.3 is 0 Å². The Bertz CT molecular complexity index is 1210. The number of sulfonamides is 1. The first kappa shape index (κ1) is 25.1. The van der Waals surface area contributed by atoms with Crippen molar-refractivity contribution in [1.82, 2.24) is 4.72 Å². The third-order valence-electron chi connectivity index (χ3n) is 6.43. The maximum absolute atomic E-state index is 12.1. The summed E-state index contributed by atoms with van der Waals surface area (Å²) in [7, 11) is -3.57. The first-order chi connectivity index (χ1) is 15.4. The highest BCUT2D eigenvalue weighted by molar-refractivity contribution is 7.89. The van der Waals surface area contributed by atoms with Crippen molar-refractivity contribution in [3.63, 3.8) is 0 Å². The van der Waals surface area contributed by atoms with Crippen LogP contribution in [0.5, 0.6) is 0 Å². The lowest BCUT2D eigenvalue weighted by molar-refractivity contribution is 0.0981. The molecule has 176 valence electrons. The van der Waals surface area contributed by atoms with E-state index in [1.54, 1.807) is 12.1 Å². The fourth-order valence-electron chi connectivity index (χ4n) is 4.97. The zero-order chi connectivity index (χ0) is 22.7. The van der Waals surface area contributed by atoms with E-state index in [1.807, 2.05) is 16.9 Å². The quantitative estimate of drug-likeness (QED) is 0.499. The molecule has 0 radical (unpaired) electrons. The van der Waals surface area contributed by atoms with Crippen LogP contribution in [0.2, 0.25) is 0 Å². The van der Waals surface area contributed by atoms with Crippen molar-refractivity contribution in [1.29, 1.82) is 0 Å². The van der Waals surface area contributed by atoms with Gasteiger partial charge < -0.3 is 4.90 Å². The van der Waals surface area contributed by atoms with Crippen LogP contribution in [-0.2, 0) is 10.0 Å². The van der Waals surface area contributed by atoms with Gasteiger partial charge in [0.2, 0.25) is 10.0 Å². The van der Waals surface area contributed by atoms with Gasteiger partial charge in [0.15, 0.2) is 0 Å². The molecule has 0 saturated heterocycles. The molecule has 3 aromatic rings. The van der Waals surface area contributed by atoms with Gasteiger partial charge in [0.25, 0.3) is 5.91 Å². The third-order valence-corrected chi connectivity index (χ3v) is 6.98. The maximum Gasteiger partial charge on any atom is 0.264 e. The second-order valence-electron chi connectivity index (χ2n) is 8.63. The number of carbonyl (C=O) groups excluding carboxylic acids is 1. The van der Waals surface area contributed by atoms with Crippen molar-refractivity contribution in [2.45, 2.75) is 44.6 Å². The lowest BCUT2D eigenvalue weighted by Crippen LogP contribution is -2.38. The van der Waals surface area contributed by atoms with E-state index in [4.69, 9.17) is 0 Å². The Morgan fingerprint density at radius 3 is 2.39 bits per heavy atom. The van der Waals surface area contributed by atoms with E-state index in [2.05, 4.69) is 54.3 Å². The average Bonchev–Trinajstić information content (AvgIpc) is 2.79. The summed E-state index contributed by atoms with van der Waals surface area (Å²) in [6.07, 6.45) is 5.50. The van der Waals surface area contributed by atoms with Gasteiger partial charge in [-0.2, -0.15) is 0 Å². The van der Waals surface area contributed by atoms with E-state index < -0.39 is 15.9 Å². The van der Waals surface area contributed by atoms with Gasteiger partial charge in [0.1, 0.15) is 0 Å². The van der Waals surface area contributed by atoms with Crippen LogP contribution in [0.3, 0.4) is 0 Å². The Kier molecular flexibility index (Phi) is 8.03.